The second kappa shape index (κ2) is 8.67. The molecule has 1 N–H and O–H groups in total. The van der Waals surface area contributed by atoms with Crippen molar-refractivity contribution < 1.29 is 9.47 Å². The molecular weight excluding hydrogens is 314 g/mol. The van der Waals surface area contributed by atoms with Gasteiger partial charge in [-0.05, 0) is 46.4 Å². The Hall–Kier alpha value is -0.390. The third-order valence-corrected chi connectivity index (χ3v) is 3.57. The number of methoxy groups -OCH3 is 1. The Morgan fingerprint density at radius 3 is 2.78 bits per heavy atom. The lowest BCUT2D eigenvalue weighted by molar-refractivity contribution is 0.311. The van der Waals surface area contributed by atoms with Crippen LogP contribution in [0.25, 0.3) is 0 Å². The third-order valence-electron chi connectivity index (χ3n) is 2.40. The van der Waals surface area contributed by atoms with Crippen LogP contribution in [-0.2, 0) is 6.54 Å². The summed E-state index contributed by atoms with van der Waals surface area (Å²) in [5, 5.41) is 3.29. The van der Waals surface area contributed by atoms with Crippen LogP contribution < -0.4 is 14.8 Å². The maximum absolute atomic E-state index is 5.75. The van der Waals surface area contributed by atoms with Crippen molar-refractivity contribution in [3.8, 4) is 11.5 Å². The lowest BCUT2D eigenvalue weighted by Gasteiger charge is -2.14. The fourth-order valence-corrected chi connectivity index (χ4v) is 2.37. The normalized spacial score (nSPS) is 10.4. The lowest BCUT2D eigenvalue weighted by atomic mass is 10.2. The monoisotopic (exact) mass is 333 g/mol. The van der Waals surface area contributed by atoms with E-state index in [4.69, 9.17) is 9.47 Å². The second-order valence-electron chi connectivity index (χ2n) is 3.73. The van der Waals surface area contributed by atoms with Crippen LogP contribution in [0.15, 0.2) is 16.6 Å². The molecule has 0 saturated carbocycles. The molecule has 0 heterocycles. The highest BCUT2D eigenvalue weighted by Gasteiger charge is 2.11. The number of ether oxygens (including phenoxy) is 2. The van der Waals surface area contributed by atoms with Crippen molar-refractivity contribution in [3.63, 3.8) is 0 Å². The average Bonchev–Trinajstić information content (AvgIpc) is 2.38. The first-order valence-corrected chi connectivity index (χ1v) is 8.10. The van der Waals surface area contributed by atoms with E-state index < -0.39 is 0 Å². The number of rotatable bonds is 8. The summed E-state index contributed by atoms with van der Waals surface area (Å²) in [6.07, 6.45) is 2.06. The molecule has 0 saturated heterocycles. The molecule has 0 aliphatic heterocycles. The minimum Gasteiger partial charge on any atom is -0.493 e. The average molecular weight is 334 g/mol. The SMILES string of the molecule is CCNCc1cc(Br)c(OCCSC)c(OC)c1. The first kappa shape index (κ1) is 15.7. The molecule has 1 aromatic carbocycles. The van der Waals surface area contributed by atoms with Gasteiger partial charge in [0.25, 0.3) is 0 Å². The zero-order chi connectivity index (χ0) is 13.4. The Balaban J connectivity index is 2.82. The van der Waals surface area contributed by atoms with Crippen molar-refractivity contribution in [2.24, 2.45) is 0 Å². The van der Waals surface area contributed by atoms with Gasteiger partial charge in [-0.25, -0.2) is 0 Å². The van der Waals surface area contributed by atoms with Crippen LogP contribution in [0.4, 0.5) is 0 Å². The molecule has 0 aliphatic rings. The summed E-state index contributed by atoms with van der Waals surface area (Å²) >= 11 is 5.31. The van der Waals surface area contributed by atoms with E-state index in [-0.39, 0.29) is 0 Å². The van der Waals surface area contributed by atoms with E-state index in [1.807, 2.05) is 6.07 Å². The summed E-state index contributed by atoms with van der Waals surface area (Å²) < 4.78 is 12.1. The molecule has 102 valence electrons. The van der Waals surface area contributed by atoms with Crippen molar-refractivity contribution in [1.82, 2.24) is 5.32 Å². The molecule has 0 bridgehead atoms. The van der Waals surface area contributed by atoms with Crippen LogP contribution >= 0.6 is 27.7 Å². The van der Waals surface area contributed by atoms with E-state index in [1.165, 1.54) is 5.56 Å². The van der Waals surface area contributed by atoms with Gasteiger partial charge < -0.3 is 14.8 Å². The second-order valence-corrected chi connectivity index (χ2v) is 5.57. The lowest BCUT2D eigenvalue weighted by Crippen LogP contribution is -2.12. The molecule has 18 heavy (non-hydrogen) atoms. The maximum Gasteiger partial charge on any atom is 0.175 e. The van der Waals surface area contributed by atoms with Crippen molar-refractivity contribution in [3.05, 3.63) is 22.2 Å². The van der Waals surface area contributed by atoms with Gasteiger partial charge >= 0.3 is 0 Å². The largest absolute Gasteiger partial charge is 0.493 e. The van der Waals surface area contributed by atoms with E-state index in [2.05, 4.69) is 40.5 Å². The molecule has 1 rings (SSSR count). The molecule has 3 nitrogen and oxygen atoms in total. The number of nitrogens with one attached hydrogen (secondary N) is 1. The minimum absolute atomic E-state index is 0.683. The van der Waals surface area contributed by atoms with Gasteiger partial charge in [-0.15, -0.1) is 0 Å². The molecular formula is C13H20BrNO2S. The standard InChI is InChI=1S/C13H20BrNO2S/c1-4-15-9-10-7-11(14)13(12(8-10)16-2)17-5-6-18-3/h7-8,15H,4-6,9H2,1-3H3. The van der Waals surface area contributed by atoms with Gasteiger partial charge in [0.05, 0.1) is 18.2 Å². The summed E-state index contributed by atoms with van der Waals surface area (Å²) in [5.41, 5.74) is 1.18. The predicted molar refractivity (Wildman–Crippen MR) is 82.0 cm³/mol. The molecule has 1 aromatic rings. The van der Waals surface area contributed by atoms with Gasteiger partial charge in [0, 0.05) is 12.3 Å². The highest BCUT2D eigenvalue weighted by molar-refractivity contribution is 9.10. The van der Waals surface area contributed by atoms with Crippen LogP contribution in [-0.4, -0.2) is 32.3 Å². The summed E-state index contributed by atoms with van der Waals surface area (Å²) in [6.45, 7) is 4.55. The van der Waals surface area contributed by atoms with Crippen LogP contribution in [0, 0.1) is 0 Å². The van der Waals surface area contributed by atoms with Crippen LogP contribution in [0.1, 0.15) is 12.5 Å². The molecule has 0 atom stereocenters. The molecule has 0 amide bonds. The van der Waals surface area contributed by atoms with Gasteiger partial charge in [-0.3, -0.25) is 0 Å². The molecule has 0 aromatic heterocycles. The molecule has 0 aliphatic carbocycles. The van der Waals surface area contributed by atoms with Crippen molar-refractivity contribution in [2.45, 2.75) is 13.5 Å². The number of benzene rings is 1. The Bertz CT molecular complexity index is 374. The highest BCUT2D eigenvalue weighted by atomic mass is 79.9. The minimum atomic E-state index is 0.683. The van der Waals surface area contributed by atoms with Crippen LogP contribution in [0.5, 0.6) is 11.5 Å². The summed E-state index contributed by atoms with van der Waals surface area (Å²) in [6, 6.07) is 4.08. The Morgan fingerprint density at radius 1 is 1.39 bits per heavy atom. The van der Waals surface area contributed by atoms with Crippen molar-refractivity contribution >= 4 is 27.7 Å². The van der Waals surface area contributed by atoms with Crippen LogP contribution in [0.3, 0.4) is 0 Å². The van der Waals surface area contributed by atoms with Gasteiger partial charge in [-0.1, -0.05) is 6.92 Å². The Kier molecular flexibility index (Phi) is 7.54. The molecule has 0 fully saturated rings. The van der Waals surface area contributed by atoms with Crippen molar-refractivity contribution in [2.75, 3.05) is 32.3 Å². The number of thioether (sulfide) groups is 1. The Morgan fingerprint density at radius 2 is 2.17 bits per heavy atom. The highest BCUT2D eigenvalue weighted by Crippen LogP contribution is 2.36. The van der Waals surface area contributed by atoms with E-state index in [9.17, 15) is 0 Å². The summed E-state index contributed by atoms with van der Waals surface area (Å²) in [5.74, 6) is 2.53. The van der Waals surface area contributed by atoms with Gasteiger partial charge in [0.2, 0.25) is 0 Å². The third kappa shape index (κ3) is 4.71. The quantitative estimate of drug-likeness (QED) is 0.739. The predicted octanol–water partition coefficient (Wildman–Crippen LogP) is 3.31. The molecule has 0 radical (unpaired) electrons. The maximum atomic E-state index is 5.75. The van der Waals surface area contributed by atoms with Crippen LogP contribution in [0.2, 0.25) is 0 Å². The number of hydrogen-bond donors (Lipinski definition) is 1. The summed E-state index contributed by atoms with van der Waals surface area (Å²) in [4.78, 5) is 0. The topological polar surface area (TPSA) is 30.5 Å². The van der Waals surface area contributed by atoms with E-state index in [1.54, 1.807) is 18.9 Å². The van der Waals surface area contributed by atoms with Gasteiger partial charge in [0.1, 0.15) is 0 Å². The van der Waals surface area contributed by atoms with Crippen molar-refractivity contribution in [1.29, 1.82) is 0 Å². The zero-order valence-corrected chi connectivity index (χ0v) is 13.5. The van der Waals surface area contributed by atoms with E-state index >= 15 is 0 Å². The Labute approximate surface area is 122 Å². The number of halogens is 1. The molecule has 5 heteroatoms. The van der Waals surface area contributed by atoms with E-state index in [0.29, 0.717) is 6.61 Å². The number of hydrogen-bond acceptors (Lipinski definition) is 4. The van der Waals surface area contributed by atoms with E-state index in [0.717, 1.165) is 34.8 Å². The first-order chi connectivity index (χ1) is 8.72. The zero-order valence-electron chi connectivity index (χ0n) is 11.1. The fraction of sp³-hybridized carbons (Fsp3) is 0.538. The van der Waals surface area contributed by atoms with Gasteiger partial charge in [-0.2, -0.15) is 11.8 Å². The van der Waals surface area contributed by atoms with Gasteiger partial charge in [0.15, 0.2) is 11.5 Å². The molecule has 0 spiro atoms. The summed E-state index contributed by atoms with van der Waals surface area (Å²) in [7, 11) is 1.67. The smallest absolute Gasteiger partial charge is 0.175 e. The first-order valence-electron chi connectivity index (χ1n) is 5.91. The fourth-order valence-electron chi connectivity index (χ4n) is 1.51. The molecule has 0 unspecified atom stereocenters.